The van der Waals surface area contributed by atoms with Crippen LogP contribution in [0.1, 0.15) is 88.5 Å². The van der Waals surface area contributed by atoms with Gasteiger partial charge in [0.15, 0.2) is 5.78 Å². The van der Waals surface area contributed by atoms with Crippen LogP contribution in [0.3, 0.4) is 0 Å². The molecule has 3 nitrogen and oxygen atoms in total. The molecule has 228 valence electrons. The van der Waals surface area contributed by atoms with E-state index in [0.717, 1.165) is 39.9 Å². The summed E-state index contributed by atoms with van der Waals surface area (Å²) in [6.07, 6.45) is 20.9. The Hall–Kier alpha value is -3.63. The maximum absolute atomic E-state index is 12.2. The summed E-state index contributed by atoms with van der Waals surface area (Å²) in [6, 6.07) is 0. The van der Waals surface area contributed by atoms with Crippen LogP contribution < -0.4 is 0 Å². The first-order chi connectivity index (χ1) is 20.0. The predicted molar refractivity (Wildman–Crippen MR) is 182 cm³/mol. The van der Waals surface area contributed by atoms with Crippen LogP contribution in [0.25, 0.3) is 0 Å². The monoisotopic (exact) mass is 578 g/mol. The summed E-state index contributed by atoms with van der Waals surface area (Å²) in [5.41, 5.74) is 7.45. The topological polar surface area (TPSA) is 57.5 Å². The van der Waals surface area contributed by atoms with Gasteiger partial charge in [-0.2, -0.15) is 0 Å². The average Bonchev–Trinajstić information content (AvgIpc) is 2.88. The molecule has 2 aliphatic rings. The van der Waals surface area contributed by atoms with Crippen molar-refractivity contribution < 1.29 is 15.0 Å². The van der Waals surface area contributed by atoms with Crippen LogP contribution in [0.15, 0.2) is 105 Å². The van der Waals surface area contributed by atoms with Crippen LogP contribution in [0, 0.1) is 34.5 Å². The van der Waals surface area contributed by atoms with Gasteiger partial charge in [-0.3, -0.25) is 4.79 Å². The molecule has 2 aliphatic carbocycles. The lowest BCUT2D eigenvalue weighted by molar-refractivity contribution is -0.125. The SMILES string of the molecule is CC1=C(C#C/C(C)=C/C=C/C(C)=C/C=C/C=C(C)/C=C/C=C(\C)C#CC2=C(C)C(=O)C(O)CC2(C)C)C(C)(C)CC(O)C1. The van der Waals surface area contributed by atoms with Gasteiger partial charge in [0, 0.05) is 27.5 Å². The normalized spacial score (nSPS) is 23.7. The number of aliphatic hydroxyl groups is 2. The summed E-state index contributed by atoms with van der Waals surface area (Å²) >= 11 is 0. The van der Waals surface area contributed by atoms with Crippen molar-refractivity contribution in [2.75, 3.05) is 0 Å². The van der Waals surface area contributed by atoms with E-state index < -0.39 is 6.10 Å². The molecule has 0 saturated carbocycles. The zero-order chi connectivity index (χ0) is 32.4. The Morgan fingerprint density at radius 3 is 1.67 bits per heavy atom. The smallest absolute Gasteiger partial charge is 0.187 e. The van der Waals surface area contributed by atoms with E-state index >= 15 is 0 Å². The Labute approximate surface area is 261 Å². The maximum atomic E-state index is 12.2. The minimum atomic E-state index is -0.934. The second kappa shape index (κ2) is 15.7. The Kier molecular flexibility index (Phi) is 13.0. The highest BCUT2D eigenvalue weighted by Crippen LogP contribution is 2.40. The fourth-order valence-corrected chi connectivity index (χ4v) is 5.51. The number of aliphatic hydroxyl groups excluding tert-OH is 2. The molecule has 43 heavy (non-hydrogen) atoms. The molecule has 0 saturated heterocycles. The largest absolute Gasteiger partial charge is 0.393 e. The van der Waals surface area contributed by atoms with E-state index in [1.165, 1.54) is 5.57 Å². The van der Waals surface area contributed by atoms with Crippen LogP contribution in [0.5, 0.6) is 0 Å². The number of hydrogen-bond acceptors (Lipinski definition) is 3. The van der Waals surface area contributed by atoms with Crippen molar-refractivity contribution in [3.05, 3.63) is 105 Å². The lowest BCUT2D eigenvalue weighted by atomic mass is 9.71. The third-order valence-electron chi connectivity index (χ3n) is 7.83. The van der Waals surface area contributed by atoms with Crippen LogP contribution in [-0.4, -0.2) is 28.2 Å². The molecule has 2 rings (SSSR count). The number of hydrogen-bond donors (Lipinski definition) is 2. The molecule has 2 N–H and O–H groups in total. The quantitative estimate of drug-likeness (QED) is 0.245. The summed E-state index contributed by atoms with van der Waals surface area (Å²) in [5, 5.41) is 20.1. The molecule has 0 bridgehead atoms. The van der Waals surface area contributed by atoms with Gasteiger partial charge in [-0.1, -0.05) is 129 Å². The highest BCUT2D eigenvalue weighted by atomic mass is 16.3. The second-order valence-electron chi connectivity index (χ2n) is 13.2. The molecule has 0 aliphatic heterocycles. The molecule has 3 heteroatoms. The first-order valence-corrected chi connectivity index (χ1v) is 15.1. The molecular weight excluding hydrogens is 528 g/mol. The fraction of sp³-hybridized carbons (Fsp3) is 0.425. The zero-order valence-corrected chi connectivity index (χ0v) is 27.9. The predicted octanol–water partition coefficient (Wildman–Crippen LogP) is 8.62. The minimum absolute atomic E-state index is 0.0943. The van der Waals surface area contributed by atoms with Crippen LogP contribution in [0.2, 0.25) is 0 Å². The molecule has 0 heterocycles. The van der Waals surface area contributed by atoms with E-state index in [4.69, 9.17) is 0 Å². The van der Waals surface area contributed by atoms with Crippen molar-refractivity contribution >= 4 is 5.78 Å². The van der Waals surface area contributed by atoms with Crippen molar-refractivity contribution in [1.29, 1.82) is 0 Å². The second-order valence-corrected chi connectivity index (χ2v) is 13.2. The molecule has 0 fully saturated rings. The van der Waals surface area contributed by atoms with Crippen molar-refractivity contribution in [2.24, 2.45) is 10.8 Å². The number of carbonyl (C=O) groups excluding carboxylic acids is 1. The minimum Gasteiger partial charge on any atom is -0.393 e. The first kappa shape index (κ1) is 35.6. The van der Waals surface area contributed by atoms with E-state index in [1.807, 2.05) is 77.2 Å². The van der Waals surface area contributed by atoms with Crippen LogP contribution in [-0.2, 0) is 4.79 Å². The van der Waals surface area contributed by atoms with Gasteiger partial charge >= 0.3 is 0 Å². The molecule has 0 aromatic rings. The van der Waals surface area contributed by atoms with E-state index in [0.29, 0.717) is 18.4 Å². The number of allylic oxidation sites excluding steroid dienone is 16. The van der Waals surface area contributed by atoms with Gasteiger partial charge < -0.3 is 10.2 Å². The van der Waals surface area contributed by atoms with Gasteiger partial charge in [0.1, 0.15) is 6.10 Å². The molecule has 0 amide bonds. The highest BCUT2D eigenvalue weighted by Gasteiger charge is 2.37. The molecule has 0 aromatic heterocycles. The van der Waals surface area contributed by atoms with Crippen molar-refractivity contribution in [1.82, 2.24) is 0 Å². The summed E-state index contributed by atoms with van der Waals surface area (Å²) in [5.74, 6) is 12.8. The number of rotatable bonds is 6. The molecule has 0 radical (unpaired) electrons. The molecular formula is C40H50O3. The van der Waals surface area contributed by atoms with E-state index in [2.05, 4.69) is 69.6 Å². The molecule has 2 unspecified atom stereocenters. The third kappa shape index (κ3) is 11.2. The van der Waals surface area contributed by atoms with Crippen molar-refractivity contribution in [2.45, 2.75) is 101 Å². The summed E-state index contributed by atoms with van der Waals surface area (Å²) in [7, 11) is 0. The standard InChI is InChI=1S/C40H50O3/c1-28(17-13-19-30(3)21-23-35-32(5)25-34(41)26-39(35,7)8)15-11-12-16-29(2)18-14-20-31(4)22-24-36-33(6)38(43)37(42)27-40(36,9)10/h11-20,34,37,41-42H,25-27H2,1-10H3/b12-11+,17-13+,18-14+,28-15+,29-16+,30-19+,31-20+. The number of carbonyl (C=O) groups is 1. The summed E-state index contributed by atoms with van der Waals surface area (Å²) < 4.78 is 0. The lowest BCUT2D eigenvalue weighted by Gasteiger charge is -2.34. The highest BCUT2D eigenvalue weighted by molar-refractivity contribution is 6.00. The van der Waals surface area contributed by atoms with Gasteiger partial charge in [0.2, 0.25) is 0 Å². The Morgan fingerprint density at radius 2 is 1.19 bits per heavy atom. The molecule has 2 atom stereocenters. The Bertz CT molecular complexity index is 1480. The fourth-order valence-electron chi connectivity index (χ4n) is 5.51. The molecule has 0 spiro atoms. The van der Waals surface area contributed by atoms with E-state index in [-0.39, 0.29) is 22.7 Å². The average molecular weight is 579 g/mol. The van der Waals surface area contributed by atoms with E-state index in [9.17, 15) is 15.0 Å². The van der Waals surface area contributed by atoms with Gasteiger partial charge in [-0.05, 0) is 72.0 Å². The zero-order valence-electron chi connectivity index (χ0n) is 27.9. The third-order valence-corrected chi connectivity index (χ3v) is 7.83. The van der Waals surface area contributed by atoms with Gasteiger partial charge in [0.05, 0.1) is 6.10 Å². The number of ketones is 1. The summed E-state index contributed by atoms with van der Waals surface area (Å²) in [4.78, 5) is 12.2. The summed E-state index contributed by atoms with van der Waals surface area (Å²) in [6.45, 7) is 20.3. The first-order valence-electron chi connectivity index (χ1n) is 15.1. The van der Waals surface area contributed by atoms with Crippen LogP contribution in [0.4, 0.5) is 0 Å². The van der Waals surface area contributed by atoms with Gasteiger partial charge in [-0.15, -0.1) is 0 Å². The molecule has 0 aromatic carbocycles. The maximum Gasteiger partial charge on any atom is 0.187 e. The Morgan fingerprint density at radius 1 is 0.721 bits per heavy atom. The number of Topliss-reactive ketones (excluding diaryl/α,β-unsaturated/α-hetero) is 1. The Balaban J connectivity index is 1.96. The van der Waals surface area contributed by atoms with Gasteiger partial charge in [-0.25, -0.2) is 0 Å². The van der Waals surface area contributed by atoms with Crippen molar-refractivity contribution in [3.8, 4) is 23.7 Å². The van der Waals surface area contributed by atoms with Crippen molar-refractivity contribution in [3.63, 3.8) is 0 Å². The van der Waals surface area contributed by atoms with Gasteiger partial charge in [0.25, 0.3) is 0 Å². The van der Waals surface area contributed by atoms with Crippen LogP contribution >= 0.6 is 0 Å². The lowest BCUT2D eigenvalue weighted by Crippen LogP contribution is -2.35. The van der Waals surface area contributed by atoms with E-state index in [1.54, 1.807) is 6.92 Å².